The molecule has 674 valence electrons. The molecule has 0 aromatic carbocycles. The summed E-state index contributed by atoms with van der Waals surface area (Å²) in [5.41, 5.74) is 1.48. The molecule has 128 heavy (non-hydrogen) atoms. The molecule has 2 aliphatic heterocycles. The van der Waals surface area contributed by atoms with Crippen molar-refractivity contribution in [2.24, 2.45) is 0 Å². The molecule has 8 bridgehead atoms. The number of hydrogen-bond acceptors (Lipinski definition) is 38. The number of H-pyrrole nitrogens is 2. The molecule has 11 aromatic rings. The Balaban J connectivity index is 0.990. The first-order valence-corrected chi connectivity index (χ1v) is 48.0. The van der Waals surface area contributed by atoms with E-state index in [1.807, 2.05) is 0 Å². The van der Waals surface area contributed by atoms with E-state index in [1.54, 1.807) is 36.5 Å². The van der Waals surface area contributed by atoms with Crippen molar-refractivity contribution in [1.29, 1.82) is 0 Å². The average Bonchev–Trinajstić information content (AvgIpc) is 1.61. The Morgan fingerprint density at radius 3 is 0.508 bits per heavy atom. The second-order valence-corrected chi connectivity index (χ2v) is 37.3. The van der Waals surface area contributed by atoms with Gasteiger partial charge in [0, 0.05) is 52.4 Å². The van der Waals surface area contributed by atoms with E-state index >= 15 is 0 Å². The van der Waals surface area contributed by atoms with Crippen LogP contribution in [-0.2, 0) is 52.4 Å². The SMILES string of the molecule is O=[N+]([O-])c1cn(CCCCSC2=C(SCCCCn3cnc([N+](=O)[O-])c3)c3nc2nc2[nH]c(nc4nc(nc5[nH]c(n3)c(SCCCCn3cnc([N+](=O)[O-])c3)c5SCCCCn3cnc([N+](=O)[O-])c3)C(SCCCCn3cnc([N+](=O)[O-])c3)=C4SCCCCn3cnc([N+](=O)[O-])c3)c(SCCCCn3cnc([N+](=O)[O-])c3)c2SCCCCn2cnc([N+](=O)[O-])c2)cn1. The zero-order valence-electron chi connectivity index (χ0n) is 68.1. The van der Waals surface area contributed by atoms with Gasteiger partial charge >= 0.3 is 46.5 Å². The molecule has 0 amide bonds. The van der Waals surface area contributed by atoms with E-state index in [-0.39, 0.29) is 69.8 Å². The number of thioether (sulfide) groups is 8. The predicted molar refractivity (Wildman–Crippen MR) is 483 cm³/mol. The lowest BCUT2D eigenvalue weighted by Crippen LogP contribution is -1.96. The predicted octanol–water partition coefficient (Wildman–Crippen LogP) is 15.5. The number of aromatic amines is 2. The van der Waals surface area contributed by atoms with Crippen molar-refractivity contribution in [3.63, 3.8) is 0 Å². The summed E-state index contributed by atoms with van der Waals surface area (Å²) < 4.78 is 13.3. The van der Waals surface area contributed by atoms with Crippen molar-refractivity contribution in [2.75, 3.05) is 46.0 Å². The van der Waals surface area contributed by atoms with Gasteiger partial charge in [-0.3, -0.25) is 0 Å². The van der Waals surface area contributed by atoms with Crippen molar-refractivity contribution < 1.29 is 39.4 Å². The Morgan fingerprint density at radius 1 is 0.219 bits per heavy atom. The lowest BCUT2D eigenvalue weighted by atomic mass is 10.3. The number of fused-ring (bicyclic) bond motifs is 8. The molecule has 0 spiro atoms. The number of aryl methyl sites for hydroxylation is 8. The first-order valence-electron chi connectivity index (χ1n) is 40.2. The minimum absolute atomic E-state index is 0.282. The lowest BCUT2D eigenvalue weighted by molar-refractivity contribution is -0.389. The van der Waals surface area contributed by atoms with E-state index in [0.717, 1.165) is 0 Å². The smallest absolute Gasteiger partial charge is 0.358 e. The molecular weight excluding hydrogens is 1830 g/mol. The van der Waals surface area contributed by atoms with Gasteiger partial charge in [-0.1, -0.05) is 0 Å². The van der Waals surface area contributed by atoms with Gasteiger partial charge in [-0.15, -0.1) is 94.1 Å². The maximum Gasteiger partial charge on any atom is 0.381 e. The van der Waals surface area contributed by atoms with Crippen LogP contribution in [0, 0.1) is 80.9 Å². The van der Waals surface area contributed by atoms with Gasteiger partial charge in [-0.05, 0) is 228 Å². The molecule has 0 fully saturated rings. The molecule has 13 rings (SSSR count). The summed E-state index contributed by atoms with van der Waals surface area (Å²) >= 11 is 12.1. The van der Waals surface area contributed by atoms with Gasteiger partial charge < -0.3 is 127 Å². The topological polar surface area (TPSA) is 597 Å². The zero-order chi connectivity index (χ0) is 90.0. The molecule has 56 heteroatoms. The number of imidazole rings is 8. The van der Waals surface area contributed by atoms with Gasteiger partial charge in [-0.25, -0.2) is 29.9 Å². The molecule has 2 N–H and O–H groups in total. The Hall–Kier alpha value is -12.0. The highest BCUT2D eigenvalue weighted by Gasteiger charge is 2.31. The van der Waals surface area contributed by atoms with E-state index in [4.69, 9.17) is 29.9 Å². The molecule has 13 heterocycles. The van der Waals surface area contributed by atoms with Crippen LogP contribution in [0.1, 0.15) is 126 Å². The van der Waals surface area contributed by atoms with Gasteiger partial charge in [0.2, 0.25) is 50.6 Å². The highest BCUT2D eigenvalue weighted by molar-refractivity contribution is 8.14. The zero-order valence-corrected chi connectivity index (χ0v) is 74.6. The van der Waals surface area contributed by atoms with Crippen molar-refractivity contribution in [3.05, 3.63) is 204 Å². The normalized spacial score (nSPS) is 12.2. The second kappa shape index (κ2) is 46.1. The Labute approximate surface area is 758 Å². The van der Waals surface area contributed by atoms with Crippen LogP contribution in [-0.4, -0.2) is 202 Å². The van der Waals surface area contributed by atoms with Gasteiger partial charge in [0.15, 0.2) is 23.3 Å². The molecule has 0 saturated heterocycles. The van der Waals surface area contributed by atoms with Gasteiger partial charge in [0.25, 0.3) is 0 Å². The third kappa shape index (κ3) is 26.1. The van der Waals surface area contributed by atoms with Crippen LogP contribution in [0.3, 0.4) is 0 Å². The fourth-order valence-corrected chi connectivity index (χ4v) is 22.3. The molecule has 0 unspecified atom stereocenters. The Morgan fingerprint density at radius 2 is 0.367 bits per heavy atom. The highest BCUT2D eigenvalue weighted by atomic mass is 32.2. The highest BCUT2D eigenvalue weighted by Crippen LogP contribution is 2.48. The largest absolute Gasteiger partial charge is 0.381 e. The molecule has 0 aliphatic carbocycles. The standard InChI is InChI=1S/C72H82N32O16S8/c105-97(106)49-33-89(41-73-49)17-1-9-25-121-57-58(122-26-10-2-18-90-34-50(74-42-90)98(107)108)66-81-65(57)85-67-59(123-27-11-3-19-91-35-51(75-43-91)99(109)110)60(124-28-12-4-20-92-36-52(76-44-92)100(111)112)69(82-67)87-71-63(127-31-15-7-23-95-39-55(79-47-95)103(117)118)64(128-32-16-8-24-96-40-56(80-48-96)104(119)120)72(84-71)88-70-62(126-30-14-6-22-94-38-54(78-46-94)102(115)116)61(68(83-70)86-66)125-29-13-5-21-93-37-53(77-45-93)101(113)114/h33-48H,1-32H2,(H2,81,82,83,84,85,86,87,88). The van der Waals surface area contributed by atoms with Crippen LogP contribution in [0.4, 0.5) is 46.5 Å². The summed E-state index contributed by atoms with van der Waals surface area (Å²) in [5.74, 6) is 2.78. The van der Waals surface area contributed by atoms with Crippen LogP contribution < -0.4 is 0 Å². The summed E-state index contributed by atoms with van der Waals surface area (Å²) in [6, 6.07) is 0. The number of nitrogens with zero attached hydrogens (tertiary/aromatic N) is 30. The fourth-order valence-electron chi connectivity index (χ4n) is 12.9. The van der Waals surface area contributed by atoms with Crippen LogP contribution in [0.15, 0.2) is 120 Å². The molecule has 11 aromatic heterocycles. The minimum Gasteiger partial charge on any atom is -0.358 e. The van der Waals surface area contributed by atoms with Crippen molar-refractivity contribution in [1.82, 2.24) is 116 Å². The number of unbranched alkanes of at least 4 members (excludes halogenated alkanes) is 8. The van der Waals surface area contributed by atoms with Crippen molar-refractivity contribution >= 4 is 183 Å². The molecule has 2 aliphatic rings. The van der Waals surface area contributed by atoms with Crippen molar-refractivity contribution in [3.8, 4) is 0 Å². The third-order valence-corrected chi connectivity index (χ3v) is 29.1. The number of aromatic nitrogens is 24. The number of nitro groups is 8. The van der Waals surface area contributed by atoms with E-state index in [2.05, 4.69) is 49.8 Å². The minimum atomic E-state index is -0.555. The maximum absolute atomic E-state index is 11.7. The number of hydrogen-bond donors (Lipinski definition) is 2. The van der Waals surface area contributed by atoms with E-state index in [1.165, 1.54) is 194 Å². The average molecular weight is 1910 g/mol. The van der Waals surface area contributed by atoms with E-state index in [9.17, 15) is 80.9 Å². The van der Waals surface area contributed by atoms with Crippen LogP contribution in [0.25, 0.3) is 42.2 Å². The summed E-state index contributed by atoms with van der Waals surface area (Å²) in [7, 11) is 0. The Kier molecular flexibility index (Phi) is 33.7. The van der Waals surface area contributed by atoms with Crippen LogP contribution in [0.5, 0.6) is 0 Å². The molecular formula is C72H82N32O16S8. The van der Waals surface area contributed by atoms with Gasteiger partial charge in [0.05, 0.1) is 39.2 Å². The van der Waals surface area contributed by atoms with Gasteiger partial charge in [-0.2, -0.15) is 0 Å². The summed E-state index contributed by atoms with van der Waals surface area (Å²) in [5, 5.41) is 93.7. The third-order valence-electron chi connectivity index (χ3n) is 19.2. The molecule has 48 nitrogen and oxygen atoms in total. The molecule has 0 saturated carbocycles. The first-order chi connectivity index (χ1) is 62.0. The summed E-state index contributed by atoms with van der Waals surface area (Å²) in [6.45, 7) is 3.31. The van der Waals surface area contributed by atoms with E-state index < -0.39 is 39.4 Å². The monoisotopic (exact) mass is 1910 g/mol. The number of rotatable bonds is 56. The van der Waals surface area contributed by atoms with E-state index in [0.29, 0.717) is 263 Å². The summed E-state index contributed by atoms with van der Waals surface area (Å²) in [4.78, 5) is 167. The molecule has 0 atom stereocenters. The van der Waals surface area contributed by atoms with Gasteiger partial charge in [0.1, 0.15) is 72.2 Å². The quantitative estimate of drug-likeness (QED) is 0.0155. The fraction of sp³-hybridized carbons (Fsp3) is 0.444. The van der Waals surface area contributed by atoms with Crippen LogP contribution >= 0.6 is 94.1 Å². The second-order valence-electron chi connectivity index (χ2n) is 28.5. The maximum atomic E-state index is 11.7. The number of nitrogens with one attached hydrogen (secondary N) is 2. The van der Waals surface area contributed by atoms with Crippen LogP contribution in [0.2, 0.25) is 0 Å². The lowest BCUT2D eigenvalue weighted by Gasteiger charge is -2.09. The first kappa shape index (κ1) is 93.6. The van der Waals surface area contributed by atoms with Crippen molar-refractivity contribution in [2.45, 2.75) is 175 Å². The molecule has 0 radical (unpaired) electrons. The summed E-state index contributed by atoms with van der Waals surface area (Å²) in [6.07, 6.45) is 31.8. The Bertz CT molecular complexity index is 5340.